The summed E-state index contributed by atoms with van der Waals surface area (Å²) < 4.78 is 0. The third-order valence-electron chi connectivity index (χ3n) is 4.70. The van der Waals surface area contributed by atoms with Crippen LogP contribution in [-0.4, -0.2) is 36.7 Å². The van der Waals surface area contributed by atoms with Crippen molar-refractivity contribution in [3.63, 3.8) is 0 Å². The average Bonchev–Trinajstić information content (AvgIpc) is 3.38. The van der Waals surface area contributed by atoms with Crippen molar-refractivity contribution in [1.82, 2.24) is 14.9 Å². The lowest BCUT2D eigenvalue weighted by Gasteiger charge is -2.28. The highest BCUT2D eigenvalue weighted by Crippen LogP contribution is 2.38. The van der Waals surface area contributed by atoms with E-state index in [9.17, 15) is 20.1 Å². The molecule has 7 heteroatoms. The molecule has 2 aromatic rings. The van der Waals surface area contributed by atoms with Gasteiger partial charge in [-0.25, -0.2) is 4.98 Å². The van der Waals surface area contributed by atoms with E-state index in [-0.39, 0.29) is 22.8 Å². The molecule has 1 fully saturated rings. The lowest BCUT2D eigenvalue weighted by Crippen LogP contribution is -2.35. The Kier molecular flexibility index (Phi) is 3.45. The summed E-state index contributed by atoms with van der Waals surface area (Å²) in [7, 11) is 0. The van der Waals surface area contributed by atoms with Gasteiger partial charge in [0.15, 0.2) is 11.5 Å². The molecule has 0 spiro atoms. The fourth-order valence-corrected chi connectivity index (χ4v) is 3.16. The maximum atomic E-state index is 12.3. The van der Waals surface area contributed by atoms with Crippen LogP contribution in [0.1, 0.15) is 41.4 Å². The van der Waals surface area contributed by atoms with Crippen molar-refractivity contribution >= 4 is 0 Å². The minimum Gasteiger partial charge on any atom is -0.507 e. The number of hydrogen-bond acceptors (Lipinski definition) is 6. The fourth-order valence-electron chi connectivity index (χ4n) is 3.16. The molecule has 0 amide bonds. The van der Waals surface area contributed by atoms with Gasteiger partial charge in [-0.15, -0.1) is 0 Å². The van der Waals surface area contributed by atoms with Gasteiger partial charge in [0.05, 0.1) is 11.3 Å². The van der Waals surface area contributed by atoms with Gasteiger partial charge in [0.25, 0.3) is 5.56 Å². The quantitative estimate of drug-likeness (QED) is 0.499. The molecule has 0 radical (unpaired) electrons. The number of aromatic hydroxyl groups is 3. The van der Waals surface area contributed by atoms with Crippen molar-refractivity contribution in [2.75, 3.05) is 6.54 Å². The number of aromatic nitrogens is 2. The second-order valence-corrected chi connectivity index (χ2v) is 6.58. The van der Waals surface area contributed by atoms with Crippen molar-refractivity contribution in [3.8, 4) is 17.2 Å². The summed E-state index contributed by atoms with van der Waals surface area (Å²) in [6.45, 7) is 1.54. The van der Waals surface area contributed by atoms with Crippen LogP contribution in [0.2, 0.25) is 0 Å². The third-order valence-corrected chi connectivity index (χ3v) is 4.70. The Morgan fingerprint density at radius 2 is 1.92 bits per heavy atom. The maximum Gasteiger partial charge on any atom is 0.255 e. The Hall–Kier alpha value is -2.54. The van der Waals surface area contributed by atoms with Crippen LogP contribution in [0.15, 0.2) is 16.9 Å². The van der Waals surface area contributed by atoms with Gasteiger partial charge in [0, 0.05) is 43.6 Å². The zero-order valence-corrected chi connectivity index (χ0v) is 13.1. The van der Waals surface area contributed by atoms with E-state index in [1.54, 1.807) is 0 Å². The van der Waals surface area contributed by atoms with Crippen molar-refractivity contribution in [2.24, 2.45) is 0 Å². The molecule has 24 heavy (non-hydrogen) atoms. The number of benzene rings is 1. The molecule has 0 bridgehead atoms. The monoisotopic (exact) mass is 329 g/mol. The Morgan fingerprint density at radius 3 is 2.67 bits per heavy atom. The molecule has 0 atom stereocenters. The predicted molar refractivity (Wildman–Crippen MR) is 86.1 cm³/mol. The number of fused-ring (bicyclic) bond motifs is 1. The van der Waals surface area contributed by atoms with E-state index < -0.39 is 0 Å². The zero-order chi connectivity index (χ0) is 16.8. The van der Waals surface area contributed by atoms with Crippen LogP contribution in [0, 0.1) is 0 Å². The van der Waals surface area contributed by atoms with Gasteiger partial charge in [-0.1, -0.05) is 0 Å². The lowest BCUT2D eigenvalue weighted by molar-refractivity contribution is 0.237. The summed E-state index contributed by atoms with van der Waals surface area (Å²) >= 11 is 0. The fraction of sp³-hybridized carbons (Fsp3) is 0.412. The van der Waals surface area contributed by atoms with E-state index in [0.29, 0.717) is 43.1 Å². The Morgan fingerprint density at radius 1 is 1.17 bits per heavy atom. The molecule has 0 unspecified atom stereocenters. The van der Waals surface area contributed by atoms with Gasteiger partial charge in [-0.3, -0.25) is 9.69 Å². The SMILES string of the molecule is O=c1[nH]c(C2CC2)nc2c1CN(Cc1cc(O)c(O)cc1O)CC2. The molecule has 126 valence electrons. The van der Waals surface area contributed by atoms with Gasteiger partial charge in [-0.05, 0) is 18.9 Å². The first-order valence-electron chi connectivity index (χ1n) is 8.09. The molecule has 4 rings (SSSR count). The molecule has 4 N–H and O–H groups in total. The molecule has 1 aromatic carbocycles. The summed E-state index contributed by atoms with van der Waals surface area (Å²) in [5, 5.41) is 28.9. The predicted octanol–water partition coefficient (Wildman–Crippen LogP) is 1.32. The third kappa shape index (κ3) is 2.71. The van der Waals surface area contributed by atoms with Gasteiger partial charge >= 0.3 is 0 Å². The van der Waals surface area contributed by atoms with E-state index in [4.69, 9.17) is 0 Å². The second kappa shape index (κ2) is 5.52. The Balaban J connectivity index is 1.56. The summed E-state index contributed by atoms with van der Waals surface area (Å²) in [6, 6.07) is 2.47. The lowest BCUT2D eigenvalue weighted by atomic mass is 10.1. The Bertz CT molecular complexity index is 858. The van der Waals surface area contributed by atoms with E-state index >= 15 is 0 Å². The standard InChI is InChI=1S/C17H19N3O4/c21-13-6-15(23)14(22)5-10(13)7-20-4-3-12-11(8-20)17(24)19-16(18-12)9-1-2-9/h5-6,9,21-23H,1-4,7-8H2,(H,18,19,24). The van der Waals surface area contributed by atoms with E-state index in [0.717, 1.165) is 30.4 Å². The van der Waals surface area contributed by atoms with E-state index in [2.05, 4.69) is 9.97 Å². The number of hydrogen-bond donors (Lipinski definition) is 4. The highest BCUT2D eigenvalue weighted by atomic mass is 16.3. The van der Waals surface area contributed by atoms with Crippen LogP contribution in [-0.2, 0) is 19.5 Å². The van der Waals surface area contributed by atoms with E-state index in [1.807, 2.05) is 4.90 Å². The van der Waals surface area contributed by atoms with Crippen molar-refractivity contribution in [2.45, 2.75) is 38.3 Å². The first-order valence-corrected chi connectivity index (χ1v) is 8.09. The molecule has 1 aromatic heterocycles. The van der Waals surface area contributed by atoms with Crippen LogP contribution in [0.4, 0.5) is 0 Å². The second-order valence-electron chi connectivity index (χ2n) is 6.58. The summed E-state index contributed by atoms with van der Waals surface area (Å²) in [5.74, 6) is 0.528. The number of phenols is 3. The van der Waals surface area contributed by atoms with Crippen molar-refractivity contribution in [1.29, 1.82) is 0 Å². The normalized spacial score (nSPS) is 17.7. The van der Waals surface area contributed by atoms with Crippen LogP contribution in [0.25, 0.3) is 0 Å². The maximum absolute atomic E-state index is 12.3. The number of aromatic amines is 1. The zero-order valence-electron chi connectivity index (χ0n) is 13.1. The molecule has 2 aliphatic rings. The molecule has 1 aliphatic carbocycles. The first kappa shape index (κ1) is 15.0. The van der Waals surface area contributed by atoms with Gasteiger partial charge < -0.3 is 20.3 Å². The van der Waals surface area contributed by atoms with Gasteiger partial charge in [0.2, 0.25) is 0 Å². The first-order chi connectivity index (χ1) is 11.5. The molecule has 2 heterocycles. The van der Waals surface area contributed by atoms with Gasteiger partial charge in [-0.2, -0.15) is 0 Å². The van der Waals surface area contributed by atoms with E-state index in [1.165, 1.54) is 6.07 Å². The Labute approximate surface area is 138 Å². The number of rotatable bonds is 3. The smallest absolute Gasteiger partial charge is 0.255 e. The van der Waals surface area contributed by atoms with Crippen LogP contribution < -0.4 is 5.56 Å². The highest BCUT2D eigenvalue weighted by Gasteiger charge is 2.29. The molecular formula is C17H19N3O4. The van der Waals surface area contributed by atoms with Crippen LogP contribution in [0.3, 0.4) is 0 Å². The largest absolute Gasteiger partial charge is 0.507 e. The minimum atomic E-state index is -0.353. The number of nitrogens with zero attached hydrogens (tertiary/aromatic N) is 2. The van der Waals surface area contributed by atoms with Crippen LogP contribution in [0.5, 0.6) is 17.2 Å². The van der Waals surface area contributed by atoms with Crippen molar-refractivity contribution in [3.05, 3.63) is 45.1 Å². The topological polar surface area (TPSA) is 110 Å². The van der Waals surface area contributed by atoms with Gasteiger partial charge in [0.1, 0.15) is 11.6 Å². The molecule has 7 nitrogen and oxygen atoms in total. The average molecular weight is 329 g/mol. The highest BCUT2D eigenvalue weighted by molar-refractivity contribution is 5.48. The van der Waals surface area contributed by atoms with Crippen molar-refractivity contribution < 1.29 is 15.3 Å². The molecule has 0 saturated heterocycles. The molecule has 1 saturated carbocycles. The molecule has 1 aliphatic heterocycles. The minimum absolute atomic E-state index is 0.0767. The summed E-state index contributed by atoms with van der Waals surface area (Å²) in [6.07, 6.45) is 2.87. The summed E-state index contributed by atoms with van der Waals surface area (Å²) in [4.78, 5) is 21.9. The molecular weight excluding hydrogens is 310 g/mol. The number of H-pyrrole nitrogens is 1. The number of nitrogens with one attached hydrogen (secondary N) is 1. The number of phenolic OH excluding ortho intramolecular Hbond substituents is 3. The van der Waals surface area contributed by atoms with Crippen LogP contribution >= 0.6 is 0 Å². The summed E-state index contributed by atoms with van der Waals surface area (Å²) in [5.41, 5.74) is 1.97.